The van der Waals surface area contributed by atoms with E-state index in [1.165, 1.54) is 0 Å². The molecule has 1 fully saturated rings. The summed E-state index contributed by atoms with van der Waals surface area (Å²) in [6.07, 6.45) is 11.0. The van der Waals surface area contributed by atoms with Crippen LogP contribution in [0.2, 0.25) is 0 Å². The second kappa shape index (κ2) is 5.31. The van der Waals surface area contributed by atoms with Gasteiger partial charge in [0.15, 0.2) is 0 Å². The van der Waals surface area contributed by atoms with Crippen molar-refractivity contribution in [3.8, 4) is 12.3 Å². The van der Waals surface area contributed by atoms with Crippen LogP contribution >= 0.6 is 0 Å². The summed E-state index contributed by atoms with van der Waals surface area (Å²) in [6.45, 7) is 2.72. The molecule has 0 spiro atoms. The number of hydrogen-bond donors (Lipinski definition) is 1. The lowest BCUT2D eigenvalue weighted by Crippen LogP contribution is -2.42. The normalized spacial score (nSPS) is 19.8. The molecule has 90 valence electrons. The Morgan fingerprint density at radius 2 is 2.24 bits per heavy atom. The zero-order valence-electron chi connectivity index (χ0n) is 9.97. The minimum absolute atomic E-state index is 0.707. The number of hydrogen-bond acceptors (Lipinski definition) is 3. The summed E-state index contributed by atoms with van der Waals surface area (Å²) < 4.78 is 0. The van der Waals surface area contributed by atoms with Crippen molar-refractivity contribution in [3.63, 3.8) is 0 Å². The van der Waals surface area contributed by atoms with Crippen molar-refractivity contribution in [1.82, 2.24) is 9.88 Å². The first-order valence-corrected chi connectivity index (χ1v) is 6.03. The van der Waals surface area contributed by atoms with Gasteiger partial charge in [0.25, 0.3) is 0 Å². The molecular weight excluding hydrogens is 212 g/mol. The average molecular weight is 230 g/mol. The maximum absolute atomic E-state index is 10.6. The molecular formula is C14H18N2O. The molecule has 1 aliphatic rings. The fourth-order valence-corrected chi connectivity index (χ4v) is 2.30. The van der Waals surface area contributed by atoms with Crippen molar-refractivity contribution >= 4 is 0 Å². The highest BCUT2D eigenvalue weighted by Gasteiger charge is 2.33. The molecule has 1 aliphatic heterocycles. The quantitative estimate of drug-likeness (QED) is 0.797. The molecule has 1 aromatic rings. The Labute approximate surface area is 102 Å². The molecule has 0 saturated carbocycles. The van der Waals surface area contributed by atoms with Crippen LogP contribution in [0.5, 0.6) is 0 Å². The van der Waals surface area contributed by atoms with Gasteiger partial charge in [0.1, 0.15) is 0 Å². The van der Waals surface area contributed by atoms with Crippen molar-refractivity contribution in [2.24, 2.45) is 0 Å². The van der Waals surface area contributed by atoms with Crippen LogP contribution in [0.15, 0.2) is 24.5 Å². The van der Waals surface area contributed by atoms with Gasteiger partial charge in [-0.1, -0.05) is 6.07 Å². The number of pyridine rings is 1. The third-order valence-corrected chi connectivity index (χ3v) is 3.45. The van der Waals surface area contributed by atoms with E-state index >= 15 is 0 Å². The van der Waals surface area contributed by atoms with Crippen LogP contribution in [-0.2, 0) is 5.60 Å². The van der Waals surface area contributed by atoms with Crippen molar-refractivity contribution < 1.29 is 5.11 Å². The van der Waals surface area contributed by atoms with Crippen LogP contribution in [0.3, 0.4) is 0 Å². The lowest BCUT2D eigenvalue weighted by atomic mass is 9.85. The van der Waals surface area contributed by atoms with E-state index in [9.17, 15) is 5.11 Å². The van der Waals surface area contributed by atoms with Crippen molar-refractivity contribution in [2.75, 3.05) is 19.6 Å². The Morgan fingerprint density at radius 3 is 2.82 bits per heavy atom. The van der Waals surface area contributed by atoms with Gasteiger partial charge in [0.05, 0.1) is 5.60 Å². The van der Waals surface area contributed by atoms with Crippen LogP contribution in [0.25, 0.3) is 0 Å². The summed E-state index contributed by atoms with van der Waals surface area (Å²) in [7, 11) is 0. The Kier molecular flexibility index (Phi) is 3.78. The van der Waals surface area contributed by atoms with E-state index in [1.807, 2.05) is 12.1 Å². The van der Waals surface area contributed by atoms with Gasteiger partial charge in [-0.2, -0.15) is 0 Å². The smallest absolute Gasteiger partial charge is 0.0935 e. The van der Waals surface area contributed by atoms with Crippen LogP contribution < -0.4 is 0 Å². The molecule has 1 aromatic heterocycles. The number of nitrogens with zero attached hydrogens (tertiary/aromatic N) is 2. The van der Waals surface area contributed by atoms with Gasteiger partial charge in [-0.05, 0) is 18.9 Å². The monoisotopic (exact) mass is 230 g/mol. The number of terminal acetylenes is 1. The Bertz CT molecular complexity index is 388. The molecule has 0 bridgehead atoms. The molecule has 1 saturated heterocycles. The highest BCUT2D eigenvalue weighted by Crippen LogP contribution is 2.32. The molecule has 0 aliphatic carbocycles. The molecule has 0 amide bonds. The molecule has 2 heterocycles. The van der Waals surface area contributed by atoms with Crippen LogP contribution in [0.4, 0.5) is 0 Å². The maximum Gasteiger partial charge on any atom is 0.0935 e. The van der Waals surface area contributed by atoms with Gasteiger partial charge < -0.3 is 10.0 Å². The van der Waals surface area contributed by atoms with Gasteiger partial charge >= 0.3 is 0 Å². The Hall–Kier alpha value is -1.37. The molecule has 17 heavy (non-hydrogen) atoms. The summed E-state index contributed by atoms with van der Waals surface area (Å²) in [4.78, 5) is 6.38. The number of likely N-dealkylation sites (tertiary alicyclic amines) is 1. The molecule has 3 heteroatoms. The van der Waals surface area contributed by atoms with E-state index in [4.69, 9.17) is 6.42 Å². The molecule has 0 unspecified atom stereocenters. The van der Waals surface area contributed by atoms with Crippen LogP contribution in [0.1, 0.15) is 24.8 Å². The molecule has 0 atom stereocenters. The van der Waals surface area contributed by atoms with Crippen molar-refractivity contribution in [1.29, 1.82) is 0 Å². The molecule has 2 rings (SSSR count). The van der Waals surface area contributed by atoms with Gasteiger partial charge in [-0.3, -0.25) is 4.98 Å². The van der Waals surface area contributed by atoms with E-state index in [-0.39, 0.29) is 0 Å². The standard InChI is InChI=1S/C14H18N2O/c1-2-3-9-16-10-6-14(17,7-11-16)13-5-4-8-15-12-13/h1,4-5,8,12,17H,3,6-7,9-11H2. The SMILES string of the molecule is C#CCCN1CCC(O)(c2cccnc2)CC1. The summed E-state index contributed by atoms with van der Waals surface area (Å²) in [5, 5.41) is 10.6. The molecule has 3 nitrogen and oxygen atoms in total. The van der Waals surface area contributed by atoms with E-state index in [1.54, 1.807) is 12.4 Å². The first kappa shape index (κ1) is 12.1. The van der Waals surface area contributed by atoms with Gasteiger partial charge in [-0.15, -0.1) is 12.3 Å². The van der Waals surface area contributed by atoms with Crippen molar-refractivity contribution in [2.45, 2.75) is 24.9 Å². The Balaban J connectivity index is 1.96. The molecule has 0 aromatic carbocycles. The van der Waals surface area contributed by atoms with Gasteiger partial charge in [-0.25, -0.2) is 0 Å². The Morgan fingerprint density at radius 1 is 1.47 bits per heavy atom. The van der Waals surface area contributed by atoms with Gasteiger partial charge in [0, 0.05) is 44.0 Å². The summed E-state index contributed by atoms with van der Waals surface area (Å²) >= 11 is 0. The first-order chi connectivity index (χ1) is 8.24. The lowest BCUT2D eigenvalue weighted by Gasteiger charge is -2.38. The number of aromatic nitrogens is 1. The fraction of sp³-hybridized carbons (Fsp3) is 0.500. The minimum Gasteiger partial charge on any atom is -0.385 e. The van der Waals surface area contributed by atoms with Crippen LogP contribution in [0, 0.1) is 12.3 Å². The summed E-state index contributed by atoms with van der Waals surface area (Å²) in [6, 6.07) is 3.82. The topological polar surface area (TPSA) is 36.4 Å². The fourth-order valence-electron chi connectivity index (χ4n) is 2.30. The zero-order chi connectivity index (χ0) is 12.1. The maximum atomic E-state index is 10.6. The van der Waals surface area contributed by atoms with Crippen LogP contribution in [-0.4, -0.2) is 34.6 Å². The predicted molar refractivity (Wildman–Crippen MR) is 67.3 cm³/mol. The highest BCUT2D eigenvalue weighted by molar-refractivity contribution is 5.18. The lowest BCUT2D eigenvalue weighted by molar-refractivity contribution is -0.0256. The number of piperidine rings is 1. The molecule has 0 radical (unpaired) electrons. The molecule has 1 N–H and O–H groups in total. The third kappa shape index (κ3) is 2.85. The van der Waals surface area contributed by atoms with E-state index in [0.717, 1.165) is 44.5 Å². The second-order valence-electron chi connectivity index (χ2n) is 4.57. The van der Waals surface area contributed by atoms with E-state index < -0.39 is 5.60 Å². The average Bonchev–Trinajstić information content (AvgIpc) is 2.39. The second-order valence-corrected chi connectivity index (χ2v) is 4.57. The summed E-state index contributed by atoms with van der Waals surface area (Å²) in [5.41, 5.74) is 0.220. The first-order valence-electron chi connectivity index (χ1n) is 6.03. The largest absolute Gasteiger partial charge is 0.385 e. The zero-order valence-corrected chi connectivity index (χ0v) is 9.97. The summed E-state index contributed by atoms with van der Waals surface area (Å²) in [5.74, 6) is 2.65. The van der Waals surface area contributed by atoms with Crippen molar-refractivity contribution in [3.05, 3.63) is 30.1 Å². The van der Waals surface area contributed by atoms with Gasteiger partial charge in [0.2, 0.25) is 0 Å². The predicted octanol–water partition coefficient (Wildman–Crippen LogP) is 1.39. The third-order valence-electron chi connectivity index (χ3n) is 3.45. The van der Waals surface area contributed by atoms with E-state index in [2.05, 4.69) is 15.8 Å². The highest BCUT2D eigenvalue weighted by atomic mass is 16.3. The number of rotatable bonds is 3. The van der Waals surface area contributed by atoms with E-state index in [0.29, 0.717) is 0 Å². The number of aliphatic hydroxyl groups is 1. The minimum atomic E-state index is -0.707.